The van der Waals surface area contributed by atoms with Gasteiger partial charge in [-0.05, 0) is 43.2 Å². The van der Waals surface area contributed by atoms with Crippen LogP contribution in [0.25, 0.3) is 0 Å². The van der Waals surface area contributed by atoms with Gasteiger partial charge in [-0.3, -0.25) is 9.69 Å². The van der Waals surface area contributed by atoms with Crippen molar-refractivity contribution in [2.45, 2.75) is 44.2 Å². The first kappa shape index (κ1) is 20.3. The minimum absolute atomic E-state index is 0. The zero-order chi connectivity index (χ0) is 16.3. The number of hydrogen-bond donors (Lipinski definition) is 2. The van der Waals surface area contributed by atoms with Gasteiger partial charge in [-0.25, -0.2) is 0 Å². The molecule has 0 radical (unpaired) electrons. The molecule has 0 bridgehead atoms. The summed E-state index contributed by atoms with van der Waals surface area (Å²) in [6.45, 7) is 8.06. The van der Waals surface area contributed by atoms with Crippen LogP contribution < -0.4 is 11.1 Å². The summed E-state index contributed by atoms with van der Waals surface area (Å²) in [7, 11) is 0. The van der Waals surface area contributed by atoms with E-state index in [2.05, 4.69) is 24.1 Å². The lowest BCUT2D eigenvalue weighted by Crippen LogP contribution is -2.56. The number of thioether (sulfide) groups is 1. The zero-order valence-corrected chi connectivity index (χ0v) is 16.0. The molecule has 1 aliphatic heterocycles. The van der Waals surface area contributed by atoms with Gasteiger partial charge in [0.05, 0.1) is 6.04 Å². The van der Waals surface area contributed by atoms with Gasteiger partial charge in [0.1, 0.15) is 0 Å². The van der Waals surface area contributed by atoms with Crippen molar-refractivity contribution in [1.29, 1.82) is 0 Å². The molecule has 4 nitrogen and oxygen atoms in total. The molecule has 1 heterocycles. The Kier molecular flexibility index (Phi) is 7.39. The Morgan fingerprint density at radius 2 is 2.17 bits per heavy atom. The molecule has 1 amide bonds. The lowest BCUT2D eigenvalue weighted by Gasteiger charge is -2.44. The molecule has 0 aromatic heterocycles. The number of rotatable bonds is 4. The summed E-state index contributed by atoms with van der Waals surface area (Å²) >= 11 is 1.67. The highest BCUT2D eigenvalue weighted by Crippen LogP contribution is 2.29. The van der Waals surface area contributed by atoms with E-state index in [4.69, 9.17) is 5.73 Å². The number of piperidine rings is 1. The summed E-state index contributed by atoms with van der Waals surface area (Å²) in [5.74, 6) is 0.0459. The second kappa shape index (κ2) is 8.38. The molecule has 2 unspecified atom stereocenters. The quantitative estimate of drug-likeness (QED) is 0.812. The number of halogens is 1. The molecular weight excluding hydrogens is 330 g/mol. The van der Waals surface area contributed by atoms with E-state index in [0.29, 0.717) is 0 Å². The monoisotopic (exact) mass is 357 g/mol. The molecule has 0 aliphatic carbocycles. The van der Waals surface area contributed by atoms with Crippen LogP contribution in [0.5, 0.6) is 0 Å². The Hall–Kier alpha value is -0.750. The minimum atomic E-state index is -0.148. The number of nitrogens with two attached hydrogens (primary N) is 1. The average molecular weight is 358 g/mol. The van der Waals surface area contributed by atoms with Crippen molar-refractivity contribution < 1.29 is 4.79 Å². The van der Waals surface area contributed by atoms with Crippen LogP contribution in [-0.2, 0) is 4.79 Å². The maximum Gasteiger partial charge on any atom is 0.241 e. The van der Waals surface area contributed by atoms with Crippen LogP contribution in [0, 0.1) is 5.41 Å². The van der Waals surface area contributed by atoms with Crippen molar-refractivity contribution in [3.8, 4) is 0 Å². The van der Waals surface area contributed by atoms with Crippen molar-refractivity contribution in [1.82, 2.24) is 4.90 Å². The molecule has 23 heavy (non-hydrogen) atoms. The van der Waals surface area contributed by atoms with E-state index in [9.17, 15) is 4.79 Å². The highest BCUT2D eigenvalue weighted by atomic mass is 35.5. The number of nitrogens with one attached hydrogen (secondary N) is 1. The van der Waals surface area contributed by atoms with Crippen molar-refractivity contribution in [2.24, 2.45) is 11.1 Å². The highest BCUT2D eigenvalue weighted by Gasteiger charge is 2.36. The van der Waals surface area contributed by atoms with Gasteiger partial charge in [-0.1, -0.05) is 19.9 Å². The maximum atomic E-state index is 12.5. The molecule has 130 valence electrons. The van der Waals surface area contributed by atoms with Crippen LogP contribution in [0.15, 0.2) is 29.2 Å². The van der Waals surface area contributed by atoms with E-state index in [-0.39, 0.29) is 35.8 Å². The van der Waals surface area contributed by atoms with E-state index >= 15 is 0 Å². The van der Waals surface area contributed by atoms with Crippen molar-refractivity contribution in [3.63, 3.8) is 0 Å². The SMILES string of the molecule is CSc1cccc(NC(=O)C(C)N2CCC(N)C(C)(C)C2)c1.Cl. The van der Waals surface area contributed by atoms with Gasteiger partial charge in [0, 0.05) is 29.7 Å². The second-order valence-corrected chi connectivity index (χ2v) is 7.63. The van der Waals surface area contributed by atoms with Crippen molar-refractivity contribution in [3.05, 3.63) is 24.3 Å². The first-order valence-electron chi connectivity index (χ1n) is 7.78. The molecule has 0 spiro atoms. The summed E-state index contributed by atoms with van der Waals surface area (Å²) in [5, 5.41) is 3.03. The number of carbonyl (C=O) groups is 1. The third-order valence-electron chi connectivity index (χ3n) is 4.61. The minimum Gasteiger partial charge on any atom is -0.327 e. The lowest BCUT2D eigenvalue weighted by atomic mass is 9.79. The number of anilines is 1. The molecule has 0 saturated carbocycles. The molecule has 2 atom stereocenters. The molecule has 1 aliphatic rings. The van der Waals surface area contributed by atoms with Gasteiger partial charge in [0.15, 0.2) is 0 Å². The predicted molar refractivity (Wildman–Crippen MR) is 102 cm³/mol. The third kappa shape index (κ3) is 5.11. The highest BCUT2D eigenvalue weighted by molar-refractivity contribution is 7.98. The molecule has 6 heteroatoms. The zero-order valence-electron chi connectivity index (χ0n) is 14.3. The molecule has 1 aromatic carbocycles. The Labute approximate surface area is 150 Å². The summed E-state index contributed by atoms with van der Waals surface area (Å²) in [5.41, 5.74) is 7.08. The van der Waals surface area contributed by atoms with Gasteiger partial charge in [0.2, 0.25) is 5.91 Å². The standard InChI is InChI=1S/C17H27N3OS.ClH/c1-12(20-9-8-15(18)17(2,3)11-20)16(21)19-13-6-5-7-14(10-13)22-4;/h5-7,10,12,15H,8-9,11,18H2,1-4H3,(H,19,21);1H. The van der Waals surface area contributed by atoms with Gasteiger partial charge >= 0.3 is 0 Å². The maximum absolute atomic E-state index is 12.5. The smallest absolute Gasteiger partial charge is 0.241 e. The van der Waals surface area contributed by atoms with Crippen LogP contribution in [0.2, 0.25) is 0 Å². The fourth-order valence-corrected chi connectivity index (χ4v) is 3.32. The summed E-state index contributed by atoms with van der Waals surface area (Å²) in [6.07, 6.45) is 2.97. The molecule has 1 saturated heterocycles. The third-order valence-corrected chi connectivity index (χ3v) is 5.33. The number of likely N-dealkylation sites (tertiary alicyclic amines) is 1. The molecule has 3 N–H and O–H groups in total. The number of benzene rings is 1. The lowest BCUT2D eigenvalue weighted by molar-refractivity contribution is -0.122. The largest absolute Gasteiger partial charge is 0.327 e. The molecule has 2 rings (SSSR count). The van der Waals surface area contributed by atoms with E-state index in [1.807, 2.05) is 37.4 Å². The van der Waals surface area contributed by atoms with Gasteiger partial charge in [-0.2, -0.15) is 0 Å². The summed E-state index contributed by atoms with van der Waals surface area (Å²) in [4.78, 5) is 15.9. The Morgan fingerprint density at radius 1 is 1.48 bits per heavy atom. The second-order valence-electron chi connectivity index (χ2n) is 6.75. The molecule has 1 aromatic rings. The Morgan fingerprint density at radius 3 is 2.78 bits per heavy atom. The number of carbonyl (C=O) groups excluding carboxylic acids is 1. The van der Waals surface area contributed by atoms with Crippen LogP contribution in [-0.4, -0.2) is 42.2 Å². The van der Waals surface area contributed by atoms with E-state index in [1.54, 1.807) is 11.8 Å². The fraction of sp³-hybridized carbons (Fsp3) is 0.588. The average Bonchev–Trinajstić information content (AvgIpc) is 2.49. The Balaban J connectivity index is 0.00000264. The topological polar surface area (TPSA) is 58.4 Å². The van der Waals surface area contributed by atoms with Crippen molar-refractivity contribution in [2.75, 3.05) is 24.7 Å². The number of amides is 1. The van der Waals surface area contributed by atoms with Crippen LogP contribution >= 0.6 is 24.2 Å². The first-order chi connectivity index (χ1) is 10.3. The number of hydrogen-bond acceptors (Lipinski definition) is 4. The van der Waals surface area contributed by atoms with Crippen LogP contribution in [0.3, 0.4) is 0 Å². The molecule has 1 fully saturated rings. The van der Waals surface area contributed by atoms with Gasteiger partial charge in [0.25, 0.3) is 0 Å². The van der Waals surface area contributed by atoms with E-state index < -0.39 is 0 Å². The van der Waals surface area contributed by atoms with E-state index in [1.165, 1.54) is 0 Å². The predicted octanol–water partition coefficient (Wildman–Crippen LogP) is 3.22. The van der Waals surface area contributed by atoms with Gasteiger partial charge in [-0.15, -0.1) is 24.2 Å². The summed E-state index contributed by atoms with van der Waals surface area (Å²) in [6, 6.07) is 8.00. The normalized spacial score (nSPS) is 22.0. The summed E-state index contributed by atoms with van der Waals surface area (Å²) < 4.78 is 0. The van der Waals surface area contributed by atoms with Gasteiger partial charge < -0.3 is 11.1 Å². The van der Waals surface area contributed by atoms with E-state index in [0.717, 1.165) is 30.1 Å². The van der Waals surface area contributed by atoms with Crippen LogP contribution in [0.1, 0.15) is 27.2 Å². The first-order valence-corrected chi connectivity index (χ1v) is 9.00. The van der Waals surface area contributed by atoms with Crippen LogP contribution in [0.4, 0.5) is 5.69 Å². The van der Waals surface area contributed by atoms with Crippen molar-refractivity contribution >= 4 is 35.8 Å². The molecular formula is C17H28ClN3OS. The number of nitrogens with zero attached hydrogens (tertiary/aromatic N) is 1. The fourth-order valence-electron chi connectivity index (χ4n) is 2.86. The Bertz CT molecular complexity index is 538.